The van der Waals surface area contributed by atoms with E-state index in [0.717, 1.165) is 23.0 Å². The van der Waals surface area contributed by atoms with Crippen LogP contribution in [0.25, 0.3) is 11.4 Å². The third-order valence-electron chi connectivity index (χ3n) is 3.46. The second-order valence-electron chi connectivity index (χ2n) is 5.54. The predicted octanol–water partition coefficient (Wildman–Crippen LogP) is 1.81. The van der Waals surface area contributed by atoms with Gasteiger partial charge in [0, 0.05) is 11.1 Å². The zero-order chi connectivity index (χ0) is 14.3. The number of carbonyl (C=O) groups is 1. The summed E-state index contributed by atoms with van der Waals surface area (Å²) in [5.41, 5.74) is 7.49. The zero-order valence-electron chi connectivity index (χ0n) is 11.5. The molecule has 0 radical (unpaired) electrons. The second kappa shape index (κ2) is 4.63. The lowest BCUT2D eigenvalue weighted by atomic mass is 9.87. The van der Waals surface area contributed by atoms with Crippen LogP contribution in [0, 0.1) is 0 Å². The van der Waals surface area contributed by atoms with E-state index in [9.17, 15) is 4.79 Å². The first kappa shape index (κ1) is 13.2. The quantitative estimate of drug-likeness (QED) is 0.874. The Kier molecular flexibility index (Phi) is 3.05. The Morgan fingerprint density at radius 3 is 2.90 bits per heavy atom. The highest BCUT2D eigenvalue weighted by Crippen LogP contribution is 2.39. The van der Waals surface area contributed by atoms with Gasteiger partial charge in [-0.05, 0) is 25.8 Å². The number of rotatable bonds is 3. The van der Waals surface area contributed by atoms with Crippen molar-refractivity contribution in [3.63, 3.8) is 0 Å². The van der Waals surface area contributed by atoms with Crippen molar-refractivity contribution in [1.82, 2.24) is 14.8 Å². The van der Waals surface area contributed by atoms with Gasteiger partial charge in [-0.2, -0.15) is 0 Å². The first-order valence-electron chi connectivity index (χ1n) is 6.44. The number of fused-ring (bicyclic) bond motifs is 3. The molecule has 2 heterocycles. The van der Waals surface area contributed by atoms with E-state index in [0.29, 0.717) is 0 Å². The Balaban J connectivity index is 2.10. The molecule has 20 heavy (non-hydrogen) atoms. The van der Waals surface area contributed by atoms with Crippen LogP contribution in [0.5, 0.6) is 0 Å². The highest BCUT2D eigenvalue weighted by atomic mass is 32.2. The maximum Gasteiger partial charge on any atom is 0.227 e. The van der Waals surface area contributed by atoms with Gasteiger partial charge < -0.3 is 5.73 Å². The van der Waals surface area contributed by atoms with Gasteiger partial charge in [0.15, 0.2) is 11.0 Å². The van der Waals surface area contributed by atoms with E-state index in [2.05, 4.69) is 40.7 Å². The van der Waals surface area contributed by atoms with Crippen LogP contribution in [-0.4, -0.2) is 26.4 Å². The molecule has 0 bridgehead atoms. The number of nitrogens with zero attached hydrogens (tertiary/aromatic N) is 3. The van der Waals surface area contributed by atoms with Crippen LogP contribution < -0.4 is 5.73 Å². The van der Waals surface area contributed by atoms with Gasteiger partial charge in [0.2, 0.25) is 5.91 Å². The summed E-state index contributed by atoms with van der Waals surface area (Å²) in [4.78, 5) is 11.0. The first-order chi connectivity index (χ1) is 9.49. The molecule has 2 N–H and O–H groups in total. The monoisotopic (exact) mass is 288 g/mol. The van der Waals surface area contributed by atoms with E-state index in [1.54, 1.807) is 0 Å². The Morgan fingerprint density at radius 2 is 2.15 bits per heavy atom. The van der Waals surface area contributed by atoms with Crippen LogP contribution in [0.1, 0.15) is 19.4 Å². The number of hydrogen-bond acceptors (Lipinski definition) is 4. The highest BCUT2D eigenvalue weighted by Gasteiger charge is 2.34. The topological polar surface area (TPSA) is 73.8 Å². The van der Waals surface area contributed by atoms with Crippen molar-refractivity contribution in [2.24, 2.45) is 5.73 Å². The standard InChI is InChI=1S/C14H16N4OS/c1-14(2)7-9-5-3-4-6-10(9)12-16-17-13(18(12)14)20-8-11(15)19/h3-6H,7-8H2,1-2H3,(H2,15,19). The third-order valence-corrected chi connectivity index (χ3v) is 4.41. The summed E-state index contributed by atoms with van der Waals surface area (Å²) < 4.78 is 2.11. The van der Waals surface area contributed by atoms with Crippen molar-refractivity contribution < 1.29 is 4.79 Å². The fourth-order valence-corrected chi connectivity index (χ4v) is 3.49. The van der Waals surface area contributed by atoms with Crippen LogP contribution in [-0.2, 0) is 16.8 Å². The molecule has 0 saturated heterocycles. The van der Waals surface area contributed by atoms with Gasteiger partial charge in [-0.25, -0.2) is 0 Å². The van der Waals surface area contributed by atoms with Crippen molar-refractivity contribution in [3.8, 4) is 11.4 Å². The molecule has 1 aliphatic heterocycles. The Hall–Kier alpha value is -1.82. The molecule has 0 aliphatic carbocycles. The number of benzene rings is 1. The zero-order valence-corrected chi connectivity index (χ0v) is 12.3. The van der Waals surface area contributed by atoms with E-state index >= 15 is 0 Å². The number of thioether (sulfide) groups is 1. The Morgan fingerprint density at radius 1 is 1.40 bits per heavy atom. The molecule has 0 saturated carbocycles. The SMILES string of the molecule is CC1(C)Cc2ccccc2-c2nnc(SCC(N)=O)n21. The minimum Gasteiger partial charge on any atom is -0.369 e. The molecule has 1 amide bonds. The van der Waals surface area contributed by atoms with Gasteiger partial charge in [0.05, 0.1) is 5.75 Å². The number of carbonyl (C=O) groups excluding carboxylic acids is 1. The minimum absolute atomic E-state index is 0.118. The third kappa shape index (κ3) is 2.10. The predicted molar refractivity (Wildman–Crippen MR) is 78.4 cm³/mol. The number of nitrogens with two attached hydrogens (primary N) is 1. The molecular weight excluding hydrogens is 272 g/mol. The molecule has 0 fully saturated rings. The number of aromatic nitrogens is 3. The molecule has 1 aromatic heterocycles. The average Bonchev–Trinajstić information content (AvgIpc) is 2.81. The summed E-state index contributed by atoms with van der Waals surface area (Å²) >= 11 is 1.34. The fourth-order valence-electron chi connectivity index (χ4n) is 2.66. The largest absolute Gasteiger partial charge is 0.369 e. The molecule has 0 unspecified atom stereocenters. The normalized spacial score (nSPS) is 15.5. The van der Waals surface area contributed by atoms with E-state index in [1.165, 1.54) is 17.3 Å². The summed E-state index contributed by atoms with van der Waals surface area (Å²) in [6.45, 7) is 4.31. The summed E-state index contributed by atoms with van der Waals surface area (Å²) in [5, 5.41) is 9.29. The van der Waals surface area contributed by atoms with Gasteiger partial charge in [-0.1, -0.05) is 36.0 Å². The van der Waals surface area contributed by atoms with Crippen molar-refractivity contribution in [3.05, 3.63) is 29.8 Å². The lowest BCUT2D eigenvalue weighted by molar-refractivity contribution is -0.115. The van der Waals surface area contributed by atoms with E-state index in [4.69, 9.17) is 5.73 Å². The summed E-state index contributed by atoms with van der Waals surface area (Å²) in [6, 6.07) is 8.25. The first-order valence-corrected chi connectivity index (χ1v) is 7.43. The molecule has 2 aromatic rings. The minimum atomic E-state index is -0.346. The Labute approximate surface area is 121 Å². The molecule has 1 aromatic carbocycles. The maximum absolute atomic E-state index is 11.0. The molecule has 0 spiro atoms. The molecule has 104 valence electrons. The summed E-state index contributed by atoms with van der Waals surface area (Å²) in [6.07, 6.45) is 0.915. The van der Waals surface area contributed by atoms with Crippen LogP contribution >= 0.6 is 11.8 Å². The van der Waals surface area contributed by atoms with Gasteiger partial charge in [0.25, 0.3) is 0 Å². The van der Waals surface area contributed by atoms with Gasteiger partial charge in [-0.3, -0.25) is 9.36 Å². The lowest BCUT2D eigenvalue weighted by Gasteiger charge is -2.34. The smallest absolute Gasteiger partial charge is 0.227 e. The molecule has 1 aliphatic rings. The highest BCUT2D eigenvalue weighted by molar-refractivity contribution is 7.99. The Bertz CT molecular complexity index is 678. The number of amides is 1. The van der Waals surface area contributed by atoms with Crippen molar-refractivity contribution >= 4 is 17.7 Å². The number of primary amides is 1. The molecule has 0 atom stereocenters. The second-order valence-corrected chi connectivity index (χ2v) is 6.49. The average molecular weight is 288 g/mol. The lowest BCUT2D eigenvalue weighted by Crippen LogP contribution is -2.33. The van der Waals surface area contributed by atoms with Gasteiger partial charge in [-0.15, -0.1) is 10.2 Å². The molecule has 6 heteroatoms. The van der Waals surface area contributed by atoms with Gasteiger partial charge >= 0.3 is 0 Å². The molecule has 5 nitrogen and oxygen atoms in total. The van der Waals surface area contributed by atoms with E-state index in [-0.39, 0.29) is 17.2 Å². The fraction of sp³-hybridized carbons (Fsp3) is 0.357. The van der Waals surface area contributed by atoms with Crippen LogP contribution in [0.4, 0.5) is 0 Å². The van der Waals surface area contributed by atoms with Gasteiger partial charge in [0.1, 0.15) is 0 Å². The van der Waals surface area contributed by atoms with Crippen LogP contribution in [0.15, 0.2) is 29.4 Å². The maximum atomic E-state index is 11.0. The summed E-state index contributed by atoms with van der Waals surface area (Å²) in [5.74, 6) is 0.737. The molecular formula is C14H16N4OS. The van der Waals surface area contributed by atoms with E-state index in [1.807, 2.05) is 12.1 Å². The summed E-state index contributed by atoms with van der Waals surface area (Å²) in [7, 11) is 0. The van der Waals surface area contributed by atoms with E-state index < -0.39 is 0 Å². The van der Waals surface area contributed by atoms with Crippen molar-refractivity contribution in [2.75, 3.05) is 5.75 Å². The van der Waals surface area contributed by atoms with Crippen molar-refractivity contribution in [1.29, 1.82) is 0 Å². The van der Waals surface area contributed by atoms with Crippen molar-refractivity contribution in [2.45, 2.75) is 31.0 Å². The van der Waals surface area contributed by atoms with Crippen LogP contribution in [0.3, 0.4) is 0 Å². The van der Waals surface area contributed by atoms with Crippen LogP contribution in [0.2, 0.25) is 0 Å². The number of hydrogen-bond donors (Lipinski definition) is 1. The molecule has 3 rings (SSSR count).